The molecule has 34 heavy (non-hydrogen) atoms. The summed E-state index contributed by atoms with van der Waals surface area (Å²) in [6.07, 6.45) is 1.88. The Morgan fingerprint density at radius 3 is 2.56 bits per heavy atom. The van der Waals surface area contributed by atoms with Gasteiger partial charge in [-0.3, -0.25) is 9.59 Å². The fraction of sp³-hybridized carbons (Fsp3) is 0.192. The number of rotatable bonds is 5. The molecule has 5 rings (SSSR count). The van der Waals surface area contributed by atoms with Gasteiger partial charge in [-0.1, -0.05) is 24.3 Å². The average molecular weight is 474 g/mol. The minimum absolute atomic E-state index is 0.212. The zero-order valence-corrected chi connectivity index (χ0v) is 19.6. The predicted molar refractivity (Wildman–Crippen MR) is 130 cm³/mol. The van der Waals surface area contributed by atoms with Crippen LogP contribution in [0.4, 0.5) is 5.13 Å². The summed E-state index contributed by atoms with van der Waals surface area (Å²) in [7, 11) is 1.63. The molecule has 8 heteroatoms. The Balaban J connectivity index is 1.40. The standard InChI is InChI=1S/C26H23N3O4S/c1-16-23(17-9-11-20(32-2)12-10-17)27-26(34-16)28-24(30)21-14-18-6-3-4-7-19(18)15-29(21)25(31)22-8-5-13-33-22/h3-13,21H,14-15H2,1-2H3,(H,27,28,30). The number of anilines is 1. The van der Waals surface area contributed by atoms with Gasteiger partial charge in [-0.05, 0) is 54.4 Å². The van der Waals surface area contributed by atoms with E-state index in [0.717, 1.165) is 33.0 Å². The van der Waals surface area contributed by atoms with E-state index in [9.17, 15) is 9.59 Å². The number of nitrogens with zero attached hydrogens (tertiary/aromatic N) is 2. The Labute approximate surface area is 201 Å². The molecule has 172 valence electrons. The minimum Gasteiger partial charge on any atom is -0.497 e. The Bertz CT molecular complexity index is 1330. The van der Waals surface area contributed by atoms with Crippen molar-refractivity contribution in [2.24, 2.45) is 0 Å². The lowest BCUT2D eigenvalue weighted by atomic mass is 9.93. The van der Waals surface area contributed by atoms with Crippen LogP contribution in [0.5, 0.6) is 5.75 Å². The van der Waals surface area contributed by atoms with E-state index in [1.165, 1.54) is 17.6 Å². The molecule has 0 saturated heterocycles. The average Bonchev–Trinajstić information content (AvgIpc) is 3.53. The number of hydrogen-bond acceptors (Lipinski definition) is 6. The fourth-order valence-electron chi connectivity index (χ4n) is 4.17. The van der Waals surface area contributed by atoms with Crippen molar-refractivity contribution in [2.45, 2.75) is 25.9 Å². The number of hydrogen-bond donors (Lipinski definition) is 1. The van der Waals surface area contributed by atoms with Crippen LogP contribution in [-0.4, -0.2) is 34.8 Å². The number of furan rings is 1. The van der Waals surface area contributed by atoms with Gasteiger partial charge in [0.05, 0.1) is 19.1 Å². The normalized spacial score (nSPS) is 15.0. The maximum Gasteiger partial charge on any atom is 0.290 e. The van der Waals surface area contributed by atoms with Gasteiger partial charge in [-0.15, -0.1) is 11.3 Å². The lowest BCUT2D eigenvalue weighted by Crippen LogP contribution is -2.50. The highest BCUT2D eigenvalue weighted by atomic mass is 32.1. The second-order valence-corrected chi connectivity index (χ2v) is 9.24. The van der Waals surface area contributed by atoms with E-state index in [1.807, 2.05) is 55.5 Å². The van der Waals surface area contributed by atoms with Crippen LogP contribution in [0.25, 0.3) is 11.3 Å². The molecule has 0 radical (unpaired) electrons. The Morgan fingerprint density at radius 1 is 1.09 bits per heavy atom. The molecule has 4 aromatic rings. The molecule has 0 aliphatic carbocycles. The van der Waals surface area contributed by atoms with Crippen molar-refractivity contribution in [3.05, 3.63) is 88.7 Å². The third-order valence-electron chi connectivity index (χ3n) is 5.93. The van der Waals surface area contributed by atoms with Crippen molar-refractivity contribution < 1.29 is 18.7 Å². The fourth-order valence-corrected chi connectivity index (χ4v) is 5.01. The number of nitrogens with one attached hydrogen (secondary N) is 1. The molecule has 7 nitrogen and oxygen atoms in total. The zero-order valence-electron chi connectivity index (χ0n) is 18.8. The van der Waals surface area contributed by atoms with Gasteiger partial charge in [-0.2, -0.15) is 0 Å². The quantitative estimate of drug-likeness (QED) is 0.445. The summed E-state index contributed by atoms with van der Waals surface area (Å²) < 4.78 is 10.6. The SMILES string of the molecule is COc1ccc(-c2nc(NC(=O)C3Cc4ccccc4CN3C(=O)c3ccco3)sc2C)cc1. The molecule has 2 aromatic heterocycles. The number of methoxy groups -OCH3 is 1. The van der Waals surface area contributed by atoms with E-state index in [-0.39, 0.29) is 17.6 Å². The maximum absolute atomic E-state index is 13.4. The van der Waals surface area contributed by atoms with Crippen molar-refractivity contribution in [2.75, 3.05) is 12.4 Å². The van der Waals surface area contributed by atoms with Gasteiger partial charge in [-0.25, -0.2) is 4.98 Å². The van der Waals surface area contributed by atoms with Gasteiger partial charge in [0, 0.05) is 23.4 Å². The molecule has 2 amide bonds. The molecule has 0 saturated carbocycles. The van der Waals surface area contributed by atoms with Crippen LogP contribution >= 0.6 is 11.3 Å². The molecule has 0 spiro atoms. The van der Waals surface area contributed by atoms with Crippen LogP contribution in [0.1, 0.15) is 26.6 Å². The first-order chi connectivity index (χ1) is 16.5. The van der Waals surface area contributed by atoms with Crippen LogP contribution in [-0.2, 0) is 17.8 Å². The first-order valence-corrected chi connectivity index (χ1v) is 11.7. The molecular weight excluding hydrogens is 450 g/mol. The predicted octanol–water partition coefficient (Wildman–Crippen LogP) is 4.93. The topological polar surface area (TPSA) is 84.7 Å². The van der Waals surface area contributed by atoms with E-state index in [4.69, 9.17) is 9.15 Å². The van der Waals surface area contributed by atoms with Crippen LogP contribution < -0.4 is 10.1 Å². The summed E-state index contributed by atoms with van der Waals surface area (Å²) in [5.74, 6) is 0.395. The molecular formula is C26H23N3O4S. The van der Waals surface area contributed by atoms with Gasteiger partial charge in [0.2, 0.25) is 5.91 Å². The maximum atomic E-state index is 13.4. The molecule has 0 fully saturated rings. The number of thiazole rings is 1. The van der Waals surface area contributed by atoms with Crippen molar-refractivity contribution >= 4 is 28.3 Å². The molecule has 1 atom stereocenters. The van der Waals surface area contributed by atoms with Gasteiger partial charge in [0.1, 0.15) is 11.8 Å². The Kier molecular flexibility index (Phi) is 5.90. The molecule has 1 N–H and O–H groups in total. The van der Waals surface area contributed by atoms with Crippen molar-refractivity contribution in [3.63, 3.8) is 0 Å². The lowest BCUT2D eigenvalue weighted by molar-refractivity contribution is -0.121. The molecule has 1 unspecified atom stereocenters. The molecule has 2 aromatic carbocycles. The number of carbonyl (C=O) groups excluding carboxylic acids is 2. The smallest absolute Gasteiger partial charge is 0.290 e. The highest BCUT2D eigenvalue weighted by Gasteiger charge is 2.36. The minimum atomic E-state index is -0.679. The van der Waals surface area contributed by atoms with Crippen LogP contribution in [0, 0.1) is 6.92 Å². The van der Waals surface area contributed by atoms with E-state index in [0.29, 0.717) is 18.1 Å². The number of benzene rings is 2. The molecule has 3 heterocycles. The number of fused-ring (bicyclic) bond motifs is 1. The van der Waals surface area contributed by atoms with Gasteiger partial charge >= 0.3 is 0 Å². The number of aromatic nitrogens is 1. The van der Waals surface area contributed by atoms with E-state index >= 15 is 0 Å². The summed E-state index contributed by atoms with van der Waals surface area (Å²) >= 11 is 1.41. The first-order valence-electron chi connectivity index (χ1n) is 10.9. The van der Waals surface area contributed by atoms with Crippen LogP contribution in [0.15, 0.2) is 71.3 Å². The third kappa shape index (κ3) is 4.20. The summed E-state index contributed by atoms with van der Waals surface area (Å²) in [5.41, 5.74) is 3.83. The van der Waals surface area contributed by atoms with E-state index in [2.05, 4.69) is 10.3 Å². The van der Waals surface area contributed by atoms with Crippen molar-refractivity contribution in [3.8, 4) is 17.0 Å². The number of aryl methyl sites for hydroxylation is 1. The first kappa shape index (κ1) is 21.9. The van der Waals surface area contributed by atoms with Crippen molar-refractivity contribution in [1.29, 1.82) is 0 Å². The highest BCUT2D eigenvalue weighted by molar-refractivity contribution is 7.16. The van der Waals surface area contributed by atoms with Gasteiger partial charge in [0.15, 0.2) is 10.9 Å². The lowest BCUT2D eigenvalue weighted by Gasteiger charge is -2.35. The third-order valence-corrected chi connectivity index (χ3v) is 6.82. The number of amides is 2. The second kappa shape index (κ2) is 9.15. The largest absolute Gasteiger partial charge is 0.497 e. The van der Waals surface area contributed by atoms with Crippen LogP contribution in [0.2, 0.25) is 0 Å². The highest BCUT2D eigenvalue weighted by Crippen LogP contribution is 2.32. The summed E-state index contributed by atoms with van der Waals surface area (Å²) in [6.45, 7) is 2.30. The summed E-state index contributed by atoms with van der Waals surface area (Å²) in [5, 5.41) is 3.44. The second-order valence-electron chi connectivity index (χ2n) is 8.04. The van der Waals surface area contributed by atoms with Gasteiger partial charge in [0.25, 0.3) is 5.91 Å². The summed E-state index contributed by atoms with van der Waals surface area (Å²) in [6, 6.07) is 18.1. The van der Waals surface area contributed by atoms with Gasteiger partial charge < -0.3 is 19.4 Å². The Hall–Kier alpha value is -3.91. The summed E-state index contributed by atoms with van der Waals surface area (Å²) in [4.78, 5) is 33.8. The monoisotopic (exact) mass is 473 g/mol. The zero-order chi connectivity index (χ0) is 23.7. The Morgan fingerprint density at radius 2 is 1.85 bits per heavy atom. The van der Waals surface area contributed by atoms with Crippen molar-refractivity contribution in [1.82, 2.24) is 9.88 Å². The van der Waals surface area contributed by atoms with E-state index < -0.39 is 6.04 Å². The molecule has 0 bridgehead atoms. The molecule has 1 aliphatic rings. The van der Waals surface area contributed by atoms with E-state index in [1.54, 1.807) is 24.1 Å². The number of carbonyl (C=O) groups is 2. The molecule has 1 aliphatic heterocycles. The number of ether oxygens (including phenoxy) is 1. The van der Waals surface area contributed by atoms with Crippen LogP contribution in [0.3, 0.4) is 0 Å².